The molecule has 23 heavy (non-hydrogen) atoms. The fraction of sp³-hybridized carbons (Fsp3) is 0.588. The summed E-state index contributed by atoms with van der Waals surface area (Å²) in [5.74, 6) is 0. The van der Waals surface area contributed by atoms with Gasteiger partial charge in [0.15, 0.2) is 0 Å². The van der Waals surface area contributed by atoms with Gasteiger partial charge in [-0.25, -0.2) is 13.1 Å². The van der Waals surface area contributed by atoms with E-state index in [2.05, 4.69) is 4.72 Å². The lowest BCUT2D eigenvalue weighted by molar-refractivity contribution is -0.821. The van der Waals surface area contributed by atoms with Crippen molar-refractivity contribution in [3.8, 4) is 0 Å². The lowest BCUT2D eigenvalue weighted by Gasteiger charge is -2.15. The Bertz CT molecular complexity index is 615. The van der Waals surface area contributed by atoms with Crippen molar-refractivity contribution in [3.05, 3.63) is 29.8 Å². The Morgan fingerprint density at radius 3 is 2.13 bits per heavy atom. The fourth-order valence-corrected chi connectivity index (χ4v) is 3.29. The molecule has 0 heterocycles. The van der Waals surface area contributed by atoms with Crippen LogP contribution in [0, 0.1) is 0 Å². The van der Waals surface area contributed by atoms with Gasteiger partial charge in [-0.1, -0.05) is 26.0 Å². The highest BCUT2D eigenvalue weighted by Gasteiger charge is 2.28. The molecule has 0 aliphatic heterocycles. The average Bonchev–Trinajstić information content (AvgIpc) is 2.44. The minimum atomic E-state index is -3.55. The van der Waals surface area contributed by atoms with Gasteiger partial charge in [0.25, 0.3) is 0 Å². The van der Waals surface area contributed by atoms with Crippen molar-refractivity contribution in [2.75, 3.05) is 7.11 Å². The van der Waals surface area contributed by atoms with Crippen LogP contribution in [0.25, 0.3) is 0 Å². The maximum atomic E-state index is 12.4. The van der Waals surface area contributed by atoms with E-state index in [0.717, 1.165) is 0 Å². The van der Waals surface area contributed by atoms with E-state index in [-0.39, 0.29) is 16.5 Å². The molecule has 6 heteroatoms. The third-order valence-corrected chi connectivity index (χ3v) is 4.45. The van der Waals surface area contributed by atoms with Crippen LogP contribution < -0.4 is 4.72 Å². The van der Waals surface area contributed by atoms with Crippen LogP contribution >= 0.6 is 0 Å². The summed E-state index contributed by atoms with van der Waals surface area (Å²) in [6.07, 6.45) is 1.70. The summed E-state index contributed by atoms with van der Waals surface area (Å²) in [4.78, 5) is 5.57. The first kappa shape index (κ1) is 21.6. The largest absolute Gasteiger partial charge is 0.280 e. The van der Waals surface area contributed by atoms with Gasteiger partial charge < -0.3 is 0 Å². The second-order valence-corrected chi connectivity index (χ2v) is 7.80. The van der Waals surface area contributed by atoms with Gasteiger partial charge in [0.05, 0.1) is 10.5 Å². The van der Waals surface area contributed by atoms with Crippen molar-refractivity contribution >= 4 is 16.2 Å². The summed E-state index contributed by atoms with van der Waals surface area (Å²) < 4.78 is 29.0. The van der Waals surface area contributed by atoms with Crippen LogP contribution in [0.2, 0.25) is 0 Å². The van der Waals surface area contributed by atoms with E-state index in [1.54, 1.807) is 56.2 Å². The van der Waals surface area contributed by atoms with E-state index in [4.69, 9.17) is 4.84 Å². The number of nitrogens with zero attached hydrogens (tertiary/aromatic N) is 1. The number of rotatable bonds is 5. The highest BCUT2D eigenvalue weighted by Crippen LogP contribution is 2.16. The molecule has 1 N–H and O–H groups in total. The number of hydrogen-bond acceptors (Lipinski definition) is 3. The molecule has 0 spiro atoms. The van der Waals surface area contributed by atoms with E-state index < -0.39 is 10.0 Å². The molecule has 1 aromatic rings. The Morgan fingerprint density at radius 2 is 1.70 bits per heavy atom. The van der Waals surface area contributed by atoms with Gasteiger partial charge >= 0.3 is 0 Å². The molecule has 1 aromatic carbocycles. The smallest absolute Gasteiger partial charge is 0.241 e. The molecule has 0 aliphatic carbocycles. The molecule has 0 radical (unpaired) electrons. The molecule has 0 aromatic heterocycles. The van der Waals surface area contributed by atoms with Crippen molar-refractivity contribution in [1.29, 1.82) is 0 Å². The molecule has 5 nitrogen and oxygen atoms in total. The van der Waals surface area contributed by atoms with Gasteiger partial charge in [-0.05, 0) is 30.7 Å². The molecule has 0 saturated carbocycles. The Balaban J connectivity index is 0.00000232. The van der Waals surface area contributed by atoms with Crippen LogP contribution in [0.1, 0.15) is 54.0 Å². The standard InChI is InChI=1S/C15H25N2O3S.C2H6/c1-12(2)16-21(18,19)14-10-8-7-9-13(14)11-17(20-6)15(3,4)5;1-2/h7-12,16H,1-6H3;1-2H3/q+1;/b17-11-;. The zero-order chi connectivity index (χ0) is 18.3. The van der Waals surface area contributed by atoms with Crippen LogP contribution in [0.4, 0.5) is 0 Å². The zero-order valence-corrected chi connectivity index (χ0v) is 16.4. The Hall–Kier alpha value is -1.40. The van der Waals surface area contributed by atoms with Crippen LogP contribution in [0.15, 0.2) is 29.2 Å². The number of hydroxylamine groups is 1. The molecule has 0 fully saturated rings. The molecular weight excluding hydrogens is 312 g/mol. The summed E-state index contributed by atoms with van der Waals surface area (Å²) >= 11 is 0. The van der Waals surface area contributed by atoms with Crippen molar-refractivity contribution in [2.45, 2.75) is 64.9 Å². The second-order valence-electron chi connectivity index (χ2n) is 6.12. The van der Waals surface area contributed by atoms with Gasteiger partial charge in [-0.3, -0.25) is 4.84 Å². The van der Waals surface area contributed by atoms with Gasteiger partial charge in [-0.15, -0.1) is 0 Å². The number of nitrogens with one attached hydrogen (secondary N) is 1. The van der Waals surface area contributed by atoms with Crippen molar-refractivity contribution in [3.63, 3.8) is 0 Å². The third-order valence-electron chi connectivity index (χ3n) is 2.71. The van der Waals surface area contributed by atoms with Gasteiger partial charge in [0.1, 0.15) is 7.11 Å². The lowest BCUT2D eigenvalue weighted by atomic mass is 10.1. The van der Waals surface area contributed by atoms with Crippen molar-refractivity contribution < 1.29 is 18.0 Å². The summed E-state index contributed by atoms with van der Waals surface area (Å²) in [5, 5.41) is 0. The molecule has 0 amide bonds. The maximum Gasteiger partial charge on any atom is 0.241 e. The highest BCUT2D eigenvalue weighted by atomic mass is 32.2. The first-order valence-corrected chi connectivity index (χ1v) is 9.36. The average molecular weight is 344 g/mol. The minimum absolute atomic E-state index is 0.163. The van der Waals surface area contributed by atoms with E-state index in [1.807, 2.05) is 34.6 Å². The Labute approximate surface area is 141 Å². The van der Waals surface area contributed by atoms with Gasteiger partial charge in [0.2, 0.25) is 21.8 Å². The zero-order valence-electron chi connectivity index (χ0n) is 15.5. The van der Waals surface area contributed by atoms with Crippen LogP contribution in [-0.4, -0.2) is 38.1 Å². The molecule has 132 valence electrons. The SMILES string of the molecule is CC.CO/[N+](=C\c1ccccc1S(=O)(=O)NC(C)C)C(C)(C)C. The Kier molecular flexibility index (Phi) is 8.48. The van der Waals surface area contributed by atoms with Crippen LogP contribution in [0.5, 0.6) is 0 Å². The molecular formula is C17H31N2O3S+. The van der Waals surface area contributed by atoms with E-state index >= 15 is 0 Å². The first-order valence-electron chi connectivity index (χ1n) is 7.87. The number of benzene rings is 1. The predicted molar refractivity (Wildman–Crippen MR) is 95.4 cm³/mol. The highest BCUT2D eigenvalue weighted by molar-refractivity contribution is 7.89. The van der Waals surface area contributed by atoms with E-state index in [0.29, 0.717) is 5.56 Å². The van der Waals surface area contributed by atoms with Crippen LogP contribution in [-0.2, 0) is 14.9 Å². The Morgan fingerprint density at radius 1 is 1.17 bits per heavy atom. The molecule has 0 unspecified atom stereocenters. The normalized spacial score (nSPS) is 12.7. The van der Waals surface area contributed by atoms with E-state index in [9.17, 15) is 8.42 Å². The molecule has 0 saturated heterocycles. The lowest BCUT2D eigenvalue weighted by Crippen LogP contribution is -2.34. The summed E-state index contributed by atoms with van der Waals surface area (Å²) in [6, 6.07) is 6.70. The third kappa shape index (κ3) is 6.71. The molecule has 1 rings (SSSR count). The van der Waals surface area contributed by atoms with Crippen LogP contribution in [0.3, 0.4) is 0 Å². The quantitative estimate of drug-likeness (QED) is 0.507. The minimum Gasteiger partial charge on any atom is -0.280 e. The van der Waals surface area contributed by atoms with Crippen molar-refractivity contribution in [1.82, 2.24) is 4.72 Å². The predicted octanol–water partition coefficient (Wildman–Crippen LogP) is 3.19. The molecule has 0 bridgehead atoms. The maximum absolute atomic E-state index is 12.4. The summed E-state index contributed by atoms with van der Waals surface area (Å²) in [5.41, 5.74) is 0.305. The topological polar surface area (TPSA) is 58.4 Å². The number of hydrogen-bond donors (Lipinski definition) is 1. The van der Waals surface area contributed by atoms with Crippen molar-refractivity contribution in [2.24, 2.45) is 0 Å². The summed E-state index contributed by atoms with van der Waals surface area (Å²) in [7, 11) is -1.99. The second kappa shape index (κ2) is 9.03. The molecule has 0 aliphatic rings. The first-order chi connectivity index (χ1) is 10.6. The van der Waals surface area contributed by atoms with Gasteiger partial charge in [0, 0.05) is 26.8 Å². The van der Waals surface area contributed by atoms with Gasteiger partial charge in [-0.2, -0.15) is 0 Å². The fourth-order valence-electron chi connectivity index (χ4n) is 1.85. The van der Waals surface area contributed by atoms with E-state index in [1.165, 1.54) is 0 Å². The summed E-state index contributed by atoms with van der Waals surface area (Å²) in [6.45, 7) is 13.5. The number of sulfonamides is 1. The monoisotopic (exact) mass is 343 g/mol. The molecule has 0 atom stereocenters.